The highest BCUT2D eigenvalue weighted by atomic mass is 32.2. The maximum absolute atomic E-state index is 4.79. The van der Waals surface area contributed by atoms with Crippen LogP contribution in [0.25, 0.3) is 0 Å². The first-order valence-electron chi connectivity index (χ1n) is 6.40. The van der Waals surface area contributed by atoms with Crippen LogP contribution in [-0.4, -0.2) is 35.2 Å². The largest absolute Gasteiger partial charge is 0.364 e. The van der Waals surface area contributed by atoms with Crippen molar-refractivity contribution in [1.29, 1.82) is 0 Å². The zero-order valence-corrected chi connectivity index (χ0v) is 11.5. The third kappa shape index (κ3) is 4.25. The van der Waals surface area contributed by atoms with Gasteiger partial charge in [-0.25, -0.2) is 4.99 Å². The minimum atomic E-state index is 0.527. The molecule has 18 heavy (non-hydrogen) atoms. The summed E-state index contributed by atoms with van der Waals surface area (Å²) in [7, 11) is 0. The van der Waals surface area contributed by atoms with E-state index >= 15 is 0 Å². The third-order valence-corrected chi connectivity index (χ3v) is 3.95. The first-order chi connectivity index (χ1) is 8.88. The summed E-state index contributed by atoms with van der Waals surface area (Å²) in [6, 6.07) is 2.36. The predicted molar refractivity (Wildman–Crippen MR) is 74.8 cm³/mol. The lowest BCUT2D eigenvalue weighted by molar-refractivity contribution is 0.412. The number of hydrogen-bond acceptors (Lipinski definition) is 4. The van der Waals surface area contributed by atoms with Crippen molar-refractivity contribution in [2.45, 2.75) is 32.4 Å². The predicted octanol–water partition coefficient (Wildman–Crippen LogP) is 1.63. The molecule has 0 saturated carbocycles. The molecule has 2 N–H and O–H groups in total. The van der Waals surface area contributed by atoms with Gasteiger partial charge in [0.15, 0.2) is 5.96 Å². The number of guanidine groups is 1. The van der Waals surface area contributed by atoms with E-state index in [1.165, 1.54) is 18.6 Å². The molecule has 0 spiro atoms. The highest BCUT2D eigenvalue weighted by molar-refractivity contribution is 7.99. The van der Waals surface area contributed by atoms with Gasteiger partial charge < -0.3 is 15.2 Å². The number of hydrogen-bond donors (Lipinski definition) is 2. The second-order valence-corrected chi connectivity index (χ2v) is 5.39. The normalized spacial score (nSPS) is 20.7. The lowest BCUT2D eigenvalue weighted by atomic mass is 10.2. The lowest BCUT2D eigenvalue weighted by Gasteiger charge is -2.24. The molecule has 2 rings (SSSR count). The molecule has 0 amide bonds. The molecule has 0 aromatic carbocycles. The summed E-state index contributed by atoms with van der Waals surface area (Å²) < 4.78 is 4.79. The van der Waals surface area contributed by atoms with Gasteiger partial charge in [0.25, 0.3) is 0 Å². The van der Waals surface area contributed by atoms with E-state index in [2.05, 4.69) is 27.7 Å². The fraction of sp³-hybridized carbons (Fsp3) is 0.667. The SMILES string of the molecule is CCNC(=NCc1ccon1)NC1CCCSC1. The molecule has 2 heterocycles. The van der Waals surface area contributed by atoms with Crippen molar-refractivity contribution in [3.8, 4) is 0 Å². The molecule has 1 atom stereocenters. The standard InChI is InChI=1S/C12H20N4OS/c1-2-13-12(14-8-10-5-6-17-16-10)15-11-4-3-7-18-9-11/h5-6,11H,2-4,7-9H2,1H3,(H2,13,14,15). The Labute approximate surface area is 112 Å². The van der Waals surface area contributed by atoms with Crippen molar-refractivity contribution in [2.24, 2.45) is 4.99 Å². The van der Waals surface area contributed by atoms with Gasteiger partial charge in [-0.2, -0.15) is 11.8 Å². The van der Waals surface area contributed by atoms with Crippen LogP contribution in [0.5, 0.6) is 0 Å². The molecule has 1 fully saturated rings. The summed E-state index contributed by atoms with van der Waals surface area (Å²) in [5, 5.41) is 10.6. The van der Waals surface area contributed by atoms with Gasteiger partial charge in [0.1, 0.15) is 12.0 Å². The van der Waals surface area contributed by atoms with Gasteiger partial charge in [-0.3, -0.25) is 0 Å². The van der Waals surface area contributed by atoms with Crippen molar-refractivity contribution < 1.29 is 4.52 Å². The molecule has 1 saturated heterocycles. The van der Waals surface area contributed by atoms with E-state index in [-0.39, 0.29) is 0 Å². The first kappa shape index (κ1) is 13.3. The molecule has 1 aliphatic rings. The third-order valence-electron chi connectivity index (χ3n) is 2.74. The Balaban J connectivity index is 1.87. The van der Waals surface area contributed by atoms with Gasteiger partial charge in [0, 0.05) is 24.4 Å². The minimum Gasteiger partial charge on any atom is -0.364 e. The van der Waals surface area contributed by atoms with E-state index in [0.29, 0.717) is 12.6 Å². The minimum absolute atomic E-state index is 0.527. The fourth-order valence-electron chi connectivity index (χ4n) is 1.85. The summed E-state index contributed by atoms with van der Waals surface area (Å²) in [5.74, 6) is 3.31. The molecular formula is C12H20N4OS. The Bertz CT molecular complexity index is 360. The quantitative estimate of drug-likeness (QED) is 0.642. The summed E-state index contributed by atoms with van der Waals surface area (Å²) in [4.78, 5) is 4.51. The van der Waals surface area contributed by atoms with Crippen LogP contribution in [-0.2, 0) is 6.54 Å². The smallest absolute Gasteiger partial charge is 0.191 e. The van der Waals surface area contributed by atoms with E-state index in [1.807, 2.05) is 17.8 Å². The Hall–Kier alpha value is -1.17. The molecule has 1 aliphatic heterocycles. The summed E-state index contributed by atoms with van der Waals surface area (Å²) in [6.07, 6.45) is 4.08. The summed E-state index contributed by atoms with van der Waals surface area (Å²) in [5.41, 5.74) is 0.852. The second kappa shape index (κ2) is 7.31. The van der Waals surface area contributed by atoms with Crippen LogP contribution in [0, 0.1) is 0 Å². The molecule has 1 aromatic rings. The molecule has 0 aliphatic carbocycles. The van der Waals surface area contributed by atoms with E-state index in [0.717, 1.165) is 24.0 Å². The van der Waals surface area contributed by atoms with Crippen molar-refractivity contribution in [2.75, 3.05) is 18.1 Å². The van der Waals surface area contributed by atoms with Crippen LogP contribution < -0.4 is 10.6 Å². The van der Waals surface area contributed by atoms with Crippen LogP contribution in [0.15, 0.2) is 21.8 Å². The highest BCUT2D eigenvalue weighted by Crippen LogP contribution is 2.16. The lowest BCUT2D eigenvalue weighted by Crippen LogP contribution is -2.45. The second-order valence-electron chi connectivity index (χ2n) is 4.24. The number of aliphatic imine (C=N–C) groups is 1. The Morgan fingerprint density at radius 2 is 2.61 bits per heavy atom. The van der Waals surface area contributed by atoms with Gasteiger partial charge in [-0.1, -0.05) is 5.16 Å². The zero-order chi connectivity index (χ0) is 12.6. The van der Waals surface area contributed by atoms with Crippen molar-refractivity contribution >= 4 is 17.7 Å². The van der Waals surface area contributed by atoms with Crippen LogP contribution in [0.2, 0.25) is 0 Å². The molecule has 5 nitrogen and oxygen atoms in total. The zero-order valence-electron chi connectivity index (χ0n) is 10.7. The number of thioether (sulfide) groups is 1. The number of nitrogens with one attached hydrogen (secondary N) is 2. The monoisotopic (exact) mass is 268 g/mol. The van der Waals surface area contributed by atoms with Crippen LogP contribution in [0.1, 0.15) is 25.5 Å². The molecule has 0 bridgehead atoms. The van der Waals surface area contributed by atoms with E-state index in [4.69, 9.17) is 4.52 Å². The van der Waals surface area contributed by atoms with Crippen molar-refractivity contribution in [1.82, 2.24) is 15.8 Å². The fourth-order valence-corrected chi connectivity index (χ4v) is 2.92. The first-order valence-corrected chi connectivity index (χ1v) is 7.56. The topological polar surface area (TPSA) is 62.5 Å². The molecule has 1 unspecified atom stereocenters. The number of aromatic nitrogens is 1. The molecule has 0 radical (unpaired) electrons. The molecular weight excluding hydrogens is 248 g/mol. The molecule has 1 aromatic heterocycles. The highest BCUT2D eigenvalue weighted by Gasteiger charge is 2.14. The average molecular weight is 268 g/mol. The van der Waals surface area contributed by atoms with E-state index < -0.39 is 0 Å². The summed E-state index contributed by atoms with van der Waals surface area (Å²) in [6.45, 7) is 3.49. The Morgan fingerprint density at radius 3 is 3.28 bits per heavy atom. The van der Waals surface area contributed by atoms with Crippen LogP contribution >= 0.6 is 11.8 Å². The van der Waals surface area contributed by atoms with Gasteiger partial charge in [-0.05, 0) is 25.5 Å². The average Bonchev–Trinajstić information content (AvgIpc) is 2.91. The molecule has 6 heteroatoms. The van der Waals surface area contributed by atoms with Crippen LogP contribution in [0.4, 0.5) is 0 Å². The maximum Gasteiger partial charge on any atom is 0.191 e. The van der Waals surface area contributed by atoms with Gasteiger partial charge >= 0.3 is 0 Å². The van der Waals surface area contributed by atoms with Gasteiger partial charge in [0.05, 0.1) is 6.54 Å². The Morgan fingerprint density at radius 1 is 1.67 bits per heavy atom. The van der Waals surface area contributed by atoms with Gasteiger partial charge in [0.2, 0.25) is 0 Å². The van der Waals surface area contributed by atoms with E-state index in [9.17, 15) is 0 Å². The Kier molecular flexibility index (Phi) is 5.38. The number of rotatable bonds is 4. The van der Waals surface area contributed by atoms with Gasteiger partial charge in [-0.15, -0.1) is 0 Å². The van der Waals surface area contributed by atoms with Crippen molar-refractivity contribution in [3.05, 3.63) is 18.0 Å². The van der Waals surface area contributed by atoms with Crippen molar-refractivity contribution in [3.63, 3.8) is 0 Å². The van der Waals surface area contributed by atoms with E-state index in [1.54, 1.807) is 6.26 Å². The maximum atomic E-state index is 4.79. The molecule has 100 valence electrons. The van der Waals surface area contributed by atoms with Crippen LogP contribution in [0.3, 0.4) is 0 Å². The number of nitrogens with zero attached hydrogens (tertiary/aromatic N) is 2. The summed E-state index contributed by atoms with van der Waals surface area (Å²) >= 11 is 2.01.